The molecule has 0 heterocycles. The number of rotatable bonds is 11. The van der Waals surface area contributed by atoms with Gasteiger partial charge in [-0.1, -0.05) is 68.1 Å². The van der Waals surface area contributed by atoms with Gasteiger partial charge in [-0.15, -0.1) is 0 Å². The highest BCUT2D eigenvalue weighted by molar-refractivity contribution is 6.31. The number of benzene rings is 2. The van der Waals surface area contributed by atoms with Gasteiger partial charge in [0, 0.05) is 23.7 Å². The lowest BCUT2D eigenvalue weighted by atomic mass is 10.1. The molecule has 25 heavy (non-hydrogen) atoms. The van der Waals surface area contributed by atoms with Gasteiger partial charge in [-0.2, -0.15) is 0 Å². The smallest absolute Gasteiger partial charge is 0.165 e. The first-order chi connectivity index (χ1) is 12.3. The molecular weight excluding hydrogens is 334 g/mol. The zero-order chi connectivity index (χ0) is 17.9. The molecule has 136 valence electrons. The monoisotopic (exact) mass is 361 g/mol. The second-order valence-electron chi connectivity index (χ2n) is 6.05. The van der Waals surface area contributed by atoms with Crippen LogP contribution in [0.2, 0.25) is 5.02 Å². The summed E-state index contributed by atoms with van der Waals surface area (Å²) >= 11 is 6.21. The fourth-order valence-corrected chi connectivity index (χ4v) is 2.90. The Morgan fingerprint density at radius 1 is 0.920 bits per heavy atom. The molecule has 0 unspecified atom stereocenters. The van der Waals surface area contributed by atoms with Crippen molar-refractivity contribution in [1.29, 1.82) is 0 Å². The van der Waals surface area contributed by atoms with Gasteiger partial charge in [0.15, 0.2) is 11.5 Å². The van der Waals surface area contributed by atoms with E-state index in [2.05, 4.69) is 18.3 Å². The normalized spacial score (nSPS) is 10.7. The van der Waals surface area contributed by atoms with Gasteiger partial charge in [-0.3, -0.25) is 0 Å². The Morgan fingerprint density at radius 3 is 2.44 bits per heavy atom. The van der Waals surface area contributed by atoms with Crippen LogP contribution < -0.4 is 14.8 Å². The molecule has 1 N–H and O–H groups in total. The zero-order valence-electron chi connectivity index (χ0n) is 15.2. The highest BCUT2D eigenvalue weighted by Gasteiger charge is 2.10. The maximum Gasteiger partial charge on any atom is 0.165 e. The Hall–Kier alpha value is -1.71. The van der Waals surface area contributed by atoms with Crippen LogP contribution in [-0.4, -0.2) is 13.7 Å². The van der Waals surface area contributed by atoms with E-state index in [4.69, 9.17) is 21.1 Å². The van der Waals surface area contributed by atoms with Crippen LogP contribution in [0.25, 0.3) is 0 Å². The minimum absolute atomic E-state index is 0.701. The molecule has 0 fully saturated rings. The summed E-state index contributed by atoms with van der Waals surface area (Å²) < 4.78 is 11.5. The Kier molecular flexibility index (Phi) is 8.64. The molecule has 0 atom stereocenters. The zero-order valence-corrected chi connectivity index (χ0v) is 15.9. The van der Waals surface area contributed by atoms with Gasteiger partial charge in [0.1, 0.15) is 0 Å². The maximum absolute atomic E-state index is 6.21. The first kappa shape index (κ1) is 19.6. The van der Waals surface area contributed by atoms with Crippen molar-refractivity contribution in [3.05, 3.63) is 58.6 Å². The van der Waals surface area contributed by atoms with E-state index in [0.29, 0.717) is 13.1 Å². The topological polar surface area (TPSA) is 30.5 Å². The van der Waals surface area contributed by atoms with Crippen molar-refractivity contribution in [1.82, 2.24) is 5.32 Å². The van der Waals surface area contributed by atoms with Crippen molar-refractivity contribution in [2.75, 3.05) is 13.7 Å². The third-order valence-corrected chi connectivity index (χ3v) is 4.48. The number of ether oxygens (including phenoxy) is 2. The summed E-state index contributed by atoms with van der Waals surface area (Å²) in [5, 5.41) is 4.23. The Balaban J connectivity index is 1.95. The minimum atomic E-state index is 0.701. The van der Waals surface area contributed by atoms with E-state index in [9.17, 15) is 0 Å². The van der Waals surface area contributed by atoms with Gasteiger partial charge in [0.05, 0.1) is 13.7 Å². The predicted octanol–water partition coefficient (Wildman–Crippen LogP) is 5.60. The van der Waals surface area contributed by atoms with Gasteiger partial charge in [0.25, 0.3) is 0 Å². The van der Waals surface area contributed by atoms with E-state index in [1.165, 1.54) is 19.3 Å². The fourth-order valence-electron chi connectivity index (χ4n) is 2.70. The molecule has 0 aromatic heterocycles. The number of halogens is 1. The molecule has 0 saturated carbocycles. The van der Waals surface area contributed by atoms with Gasteiger partial charge in [-0.25, -0.2) is 0 Å². The van der Waals surface area contributed by atoms with Crippen molar-refractivity contribution in [2.45, 2.75) is 45.7 Å². The highest BCUT2D eigenvalue weighted by atomic mass is 35.5. The van der Waals surface area contributed by atoms with Crippen molar-refractivity contribution in [3.8, 4) is 11.5 Å². The summed E-state index contributed by atoms with van der Waals surface area (Å²) in [6.45, 7) is 4.35. The lowest BCUT2D eigenvalue weighted by molar-refractivity contribution is 0.281. The average molecular weight is 362 g/mol. The third kappa shape index (κ3) is 6.26. The maximum atomic E-state index is 6.21. The van der Waals surface area contributed by atoms with Crippen LogP contribution in [-0.2, 0) is 13.1 Å². The molecular formula is C21H28ClNO2. The second kappa shape index (κ2) is 11.0. The van der Waals surface area contributed by atoms with Crippen LogP contribution in [0.5, 0.6) is 11.5 Å². The molecule has 3 nitrogen and oxygen atoms in total. The molecule has 4 heteroatoms. The molecule has 0 amide bonds. The van der Waals surface area contributed by atoms with E-state index in [1.807, 2.05) is 36.4 Å². The van der Waals surface area contributed by atoms with Crippen LogP contribution >= 0.6 is 11.6 Å². The molecule has 0 aliphatic heterocycles. The van der Waals surface area contributed by atoms with Gasteiger partial charge < -0.3 is 14.8 Å². The molecule has 0 saturated heterocycles. The van der Waals surface area contributed by atoms with Crippen LogP contribution in [0.3, 0.4) is 0 Å². The van der Waals surface area contributed by atoms with E-state index in [1.54, 1.807) is 7.11 Å². The van der Waals surface area contributed by atoms with Gasteiger partial charge >= 0.3 is 0 Å². The van der Waals surface area contributed by atoms with E-state index >= 15 is 0 Å². The summed E-state index contributed by atoms with van der Waals surface area (Å²) in [4.78, 5) is 0. The third-order valence-electron chi connectivity index (χ3n) is 4.11. The quantitative estimate of drug-likeness (QED) is 0.528. The molecule has 2 aromatic rings. The number of para-hydroxylation sites is 1. The molecule has 0 bridgehead atoms. The van der Waals surface area contributed by atoms with Gasteiger partial charge in [0.2, 0.25) is 0 Å². The predicted molar refractivity (Wildman–Crippen MR) is 105 cm³/mol. The fraction of sp³-hybridized carbons (Fsp3) is 0.429. The molecule has 2 rings (SSSR count). The lowest BCUT2D eigenvalue weighted by Crippen LogP contribution is -2.14. The van der Waals surface area contributed by atoms with Crippen LogP contribution in [0.4, 0.5) is 0 Å². The van der Waals surface area contributed by atoms with E-state index in [0.717, 1.165) is 40.7 Å². The second-order valence-corrected chi connectivity index (χ2v) is 6.46. The molecule has 0 radical (unpaired) electrons. The lowest BCUT2D eigenvalue weighted by Gasteiger charge is -2.16. The SMILES string of the molecule is CCCCCCOc1c(CNCc2ccccc2Cl)cccc1OC. The Labute approximate surface area is 156 Å². The number of unbranched alkanes of at least 4 members (excludes halogenated alkanes) is 3. The van der Waals surface area contributed by atoms with Crippen molar-refractivity contribution >= 4 is 11.6 Å². The summed E-state index contributed by atoms with van der Waals surface area (Å²) in [6, 6.07) is 13.9. The van der Waals surface area contributed by atoms with Crippen LogP contribution in [0.15, 0.2) is 42.5 Å². The first-order valence-corrected chi connectivity index (χ1v) is 9.36. The molecule has 2 aromatic carbocycles. The van der Waals surface area contributed by atoms with Gasteiger partial charge in [-0.05, 0) is 24.1 Å². The summed E-state index contributed by atoms with van der Waals surface area (Å²) in [5.41, 5.74) is 2.19. The summed E-state index contributed by atoms with van der Waals surface area (Å²) in [7, 11) is 1.68. The number of hydrogen-bond acceptors (Lipinski definition) is 3. The minimum Gasteiger partial charge on any atom is -0.493 e. The average Bonchev–Trinajstić information content (AvgIpc) is 2.63. The molecule has 0 aliphatic carbocycles. The number of nitrogens with one attached hydrogen (secondary N) is 1. The Morgan fingerprint density at radius 2 is 1.68 bits per heavy atom. The van der Waals surface area contributed by atoms with Crippen LogP contribution in [0, 0.1) is 0 Å². The number of hydrogen-bond donors (Lipinski definition) is 1. The van der Waals surface area contributed by atoms with Crippen molar-refractivity contribution in [2.24, 2.45) is 0 Å². The molecule has 0 aliphatic rings. The summed E-state index contributed by atoms with van der Waals surface area (Å²) in [5.74, 6) is 1.63. The van der Waals surface area contributed by atoms with Crippen molar-refractivity contribution in [3.63, 3.8) is 0 Å². The van der Waals surface area contributed by atoms with Crippen molar-refractivity contribution < 1.29 is 9.47 Å². The van der Waals surface area contributed by atoms with Crippen LogP contribution in [0.1, 0.15) is 43.7 Å². The summed E-state index contributed by atoms with van der Waals surface area (Å²) in [6.07, 6.45) is 4.75. The van der Waals surface area contributed by atoms with E-state index in [-0.39, 0.29) is 0 Å². The standard InChI is InChI=1S/C21H28ClNO2/c1-3-4-5-8-14-25-21-18(11-9-13-20(21)24-2)16-23-15-17-10-6-7-12-19(17)22/h6-7,9-13,23H,3-5,8,14-16H2,1-2H3. The highest BCUT2D eigenvalue weighted by Crippen LogP contribution is 2.31. The molecule has 0 spiro atoms. The Bertz CT molecular complexity index is 646. The number of methoxy groups -OCH3 is 1. The largest absolute Gasteiger partial charge is 0.493 e. The van der Waals surface area contributed by atoms with E-state index < -0.39 is 0 Å². The first-order valence-electron chi connectivity index (χ1n) is 8.99.